The molecule has 1 aromatic rings. The van der Waals surface area contributed by atoms with E-state index in [4.69, 9.17) is 10.8 Å². The Hall–Kier alpha value is -1.72. The van der Waals surface area contributed by atoms with E-state index >= 15 is 0 Å². The second kappa shape index (κ2) is 5.07. The van der Waals surface area contributed by atoms with Crippen LogP contribution in [-0.4, -0.2) is 11.1 Å². The van der Waals surface area contributed by atoms with Gasteiger partial charge in [-0.2, -0.15) is 13.2 Å². The van der Waals surface area contributed by atoms with E-state index in [0.717, 1.165) is 6.07 Å². The first-order valence-electron chi connectivity index (χ1n) is 4.98. The van der Waals surface area contributed by atoms with Gasteiger partial charge in [-0.15, -0.1) is 0 Å². The molecular formula is C11H12F3NO2. The number of anilines is 1. The minimum absolute atomic E-state index is 0.0876. The molecule has 0 heterocycles. The molecular weight excluding hydrogens is 235 g/mol. The highest BCUT2D eigenvalue weighted by molar-refractivity contribution is 5.66. The number of nitrogen functional groups attached to an aromatic ring is 1. The second-order valence-corrected chi connectivity index (χ2v) is 3.62. The van der Waals surface area contributed by atoms with Crippen molar-refractivity contribution in [2.45, 2.75) is 25.4 Å². The number of carboxylic acid groups (broad SMARTS) is 1. The van der Waals surface area contributed by atoms with Crippen molar-refractivity contribution in [1.82, 2.24) is 0 Å². The highest BCUT2D eigenvalue weighted by atomic mass is 19.4. The minimum Gasteiger partial charge on any atom is -0.481 e. The molecule has 0 radical (unpaired) electrons. The van der Waals surface area contributed by atoms with Gasteiger partial charge in [0, 0.05) is 12.1 Å². The lowest BCUT2D eigenvalue weighted by molar-refractivity contribution is -0.138. The fraction of sp³-hybridized carbons (Fsp3) is 0.364. The van der Waals surface area contributed by atoms with E-state index in [9.17, 15) is 18.0 Å². The van der Waals surface area contributed by atoms with Gasteiger partial charge in [0.05, 0.1) is 5.56 Å². The van der Waals surface area contributed by atoms with E-state index in [2.05, 4.69) is 0 Å². The minimum atomic E-state index is -4.48. The van der Waals surface area contributed by atoms with E-state index < -0.39 is 17.7 Å². The average molecular weight is 247 g/mol. The lowest BCUT2D eigenvalue weighted by Crippen LogP contribution is -2.11. The number of benzene rings is 1. The van der Waals surface area contributed by atoms with Crippen LogP contribution >= 0.6 is 0 Å². The molecule has 94 valence electrons. The number of aliphatic carboxylic acids is 1. The molecule has 0 amide bonds. The maximum atomic E-state index is 12.5. The maximum Gasteiger partial charge on any atom is 0.418 e. The molecule has 0 atom stereocenters. The zero-order chi connectivity index (χ0) is 13.1. The molecule has 0 aliphatic heterocycles. The zero-order valence-corrected chi connectivity index (χ0v) is 8.92. The first-order valence-corrected chi connectivity index (χ1v) is 4.98. The summed E-state index contributed by atoms with van der Waals surface area (Å²) in [6.45, 7) is 0. The maximum absolute atomic E-state index is 12.5. The Bertz CT molecular complexity index is 416. The molecule has 0 saturated heterocycles. The van der Waals surface area contributed by atoms with E-state index in [1.165, 1.54) is 12.1 Å². The molecule has 0 aliphatic carbocycles. The number of para-hydroxylation sites is 1. The summed E-state index contributed by atoms with van der Waals surface area (Å²) in [4.78, 5) is 10.3. The molecule has 0 bridgehead atoms. The van der Waals surface area contributed by atoms with Crippen molar-refractivity contribution in [2.75, 3.05) is 5.73 Å². The molecule has 17 heavy (non-hydrogen) atoms. The van der Waals surface area contributed by atoms with Crippen molar-refractivity contribution >= 4 is 11.7 Å². The van der Waals surface area contributed by atoms with Gasteiger partial charge in [0.1, 0.15) is 0 Å². The van der Waals surface area contributed by atoms with Crippen molar-refractivity contribution in [3.8, 4) is 0 Å². The lowest BCUT2D eigenvalue weighted by atomic mass is 10.0. The van der Waals surface area contributed by atoms with E-state index in [1.807, 2.05) is 0 Å². The molecule has 0 unspecified atom stereocenters. The number of rotatable bonds is 4. The van der Waals surface area contributed by atoms with Crippen molar-refractivity contribution in [3.05, 3.63) is 29.3 Å². The second-order valence-electron chi connectivity index (χ2n) is 3.62. The summed E-state index contributed by atoms with van der Waals surface area (Å²) in [5, 5.41) is 8.43. The van der Waals surface area contributed by atoms with Crippen LogP contribution in [0.5, 0.6) is 0 Å². The summed E-state index contributed by atoms with van der Waals surface area (Å²) in [5.41, 5.74) is 4.57. The SMILES string of the molecule is Nc1c(CCCC(=O)O)cccc1C(F)(F)F. The van der Waals surface area contributed by atoms with Gasteiger partial charge in [0.15, 0.2) is 0 Å². The van der Waals surface area contributed by atoms with Crippen molar-refractivity contribution in [1.29, 1.82) is 0 Å². The van der Waals surface area contributed by atoms with Gasteiger partial charge < -0.3 is 10.8 Å². The molecule has 0 saturated carbocycles. The topological polar surface area (TPSA) is 63.3 Å². The standard InChI is InChI=1S/C11H12F3NO2/c12-11(13,14)8-5-1-3-7(10(8)15)4-2-6-9(16)17/h1,3,5H,2,4,6,15H2,(H,16,17). The number of nitrogens with two attached hydrogens (primary N) is 1. The van der Waals surface area contributed by atoms with Gasteiger partial charge in [-0.1, -0.05) is 12.1 Å². The summed E-state index contributed by atoms with van der Waals surface area (Å²) in [6, 6.07) is 3.66. The molecule has 6 heteroatoms. The summed E-state index contributed by atoms with van der Waals surface area (Å²) < 4.78 is 37.5. The Balaban J connectivity index is 2.84. The van der Waals surface area contributed by atoms with Crippen LogP contribution < -0.4 is 5.73 Å². The largest absolute Gasteiger partial charge is 0.481 e. The van der Waals surface area contributed by atoms with Gasteiger partial charge in [0.2, 0.25) is 0 Å². The first kappa shape index (κ1) is 13.3. The Morgan fingerprint density at radius 1 is 1.35 bits per heavy atom. The highest BCUT2D eigenvalue weighted by Crippen LogP contribution is 2.35. The zero-order valence-electron chi connectivity index (χ0n) is 8.92. The molecule has 3 nitrogen and oxygen atoms in total. The monoisotopic (exact) mass is 247 g/mol. The predicted molar refractivity (Wildman–Crippen MR) is 56.4 cm³/mol. The lowest BCUT2D eigenvalue weighted by Gasteiger charge is -2.13. The van der Waals surface area contributed by atoms with Crippen molar-refractivity contribution < 1.29 is 23.1 Å². The van der Waals surface area contributed by atoms with Crippen molar-refractivity contribution in [2.24, 2.45) is 0 Å². The molecule has 0 aliphatic rings. The average Bonchev–Trinajstić information content (AvgIpc) is 2.18. The summed E-state index contributed by atoms with van der Waals surface area (Å²) >= 11 is 0. The fourth-order valence-electron chi connectivity index (χ4n) is 1.51. The number of alkyl halides is 3. The number of halogens is 3. The Morgan fingerprint density at radius 2 is 2.00 bits per heavy atom. The Labute approximate surface area is 96.0 Å². The van der Waals surface area contributed by atoms with Crippen LogP contribution in [0.2, 0.25) is 0 Å². The van der Waals surface area contributed by atoms with Crippen LogP contribution in [0.3, 0.4) is 0 Å². The van der Waals surface area contributed by atoms with Gasteiger partial charge in [-0.25, -0.2) is 0 Å². The van der Waals surface area contributed by atoms with Crippen LogP contribution in [0, 0.1) is 0 Å². The third-order valence-corrected chi connectivity index (χ3v) is 2.34. The Kier molecular flexibility index (Phi) is 3.98. The normalized spacial score (nSPS) is 11.5. The number of carbonyl (C=O) groups is 1. The third-order valence-electron chi connectivity index (χ3n) is 2.34. The highest BCUT2D eigenvalue weighted by Gasteiger charge is 2.33. The van der Waals surface area contributed by atoms with E-state index in [-0.39, 0.29) is 24.9 Å². The van der Waals surface area contributed by atoms with Crippen LogP contribution in [0.1, 0.15) is 24.0 Å². The summed E-state index contributed by atoms with van der Waals surface area (Å²) in [7, 11) is 0. The van der Waals surface area contributed by atoms with Crippen molar-refractivity contribution in [3.63, 3.8) is 0 Å². The molecule has 0 aromatic heterocycles. The van der Waals surface area contributed by atoms with Crippen LogP contribution in [0.25, 0.3) is 0 Å². The third kappa shape index (κ3) is 3.65. The van der Waals surface area contributed by atoms with Gasteiger partial charge >= 0.3 is 12.1 Å². The van der Waals surface area contributed by atoms with Gasteiger partial charge in [-0.3, -0.25) is 4.79 Å². The molecule has 0 spiro atoms. The molecule has 0 fully saturated rings. The number of carboxylic acids is 1. The van der Waals surface area contributed by atoms with Gasteiger partial charge in [0.25, 0.3) is 0 Å². The smallest absolute Gasteiger partial charge is 0.418 e. The molecule has 1 aromatic carbocycles. The van der Waals surface area contributed by atoms with Gasteiger partial charge in [-0.05, 0) is 24.5 Å². The summed E-state index contributed by atoms with van der Waals surface area (Å²) in [6.07, 6.45) is -4.08. The molecule has 1 rings (SSSR count). The number of aryl methyl sites for hydroxylation is 1. The quantitative estimate of drug-likeness (QED) is 0.804. The van der Waals surface area contributed by atoms with Crippen LogP contribution in [0.15, 0.2) is 18.2 Å². The Morgan fingerprint density at radius 3 is 2.53 bits per heavy atom. The summed E-state index contributed by atoms with van der Waals surface area (Å²) in [5.74, 6) is -0.976. The van der Waals surface area contributed by atoms with E-state index in [1.54, 1.807) is 0 Å². The van der Waals surface area contributed by atoms with Crippen LogP contribution in [0.4, 0.5) is 18.9 Å². The first-order chi connectivity index (χ1) is 7.82. The molecule has 3 N–H and O–H groups in total. The number of hydrogen-bond acceptors (Lipinski definition) is 2. The fourth-order valence-corrected chi connectivity index (χ4v) is 1.51. The van der Waals surface area contributed by atoms with E-state index in [0.29, 0.717) is 5.56 Å². The van der Waals surface area contributed by atoms with Crippen LogP contribution in [-0.2, 0) is 17.4 Å². The predicted octanol–water partition coefficient (Wildman–Crippen LogP) is 2.69. The number of hydrogen-bond donors (Lipinski definition) is 2.